The molecule has 3 nitrogen and oxygen atoms in total. The summed E-state index contributed by atoms with van der Waals surface area (Å²) in [6.07, 6.45) is 7.26. The molecule has 92 valence electrons. The van der Waals surface area contributed by atoms with Gasteiger partial charge >= 0.3 is 0 Å². The lowest BCUT2D eigenvalue weighted by molar-refractivity contribution is 0.541. The van der Waals surface area contributed by atoms with Gasteiger partial charge in [-0.25, -0.2) is 4.98 Å². The Morgan fingerprint density at radius 2 is 2.25 bits per heavy atom. The fourth-order valence-corrected chi connectivity index (χ4v) is 2.41. The van der Waals surface area contributed by atoms with Gasteiger partial charge in [-0.15, -0.1) is 0 Å². The Morgan fingerprint density at radius 1 is 1.50 bits per heavy atom. The first-order valence-corrected chi connectivity index (χ1v) is 7.34. The number of nitrogens with one attached hydrogen (secondary N) is 1. The summed E-state index contributed by atoms with van der Waals surface area (Å²) < 4.78 is 2.26. The largest absolute Gasteiger partial charge is 0.355 e. The fourth-order valence-electron chi connectivity index (χ4n) is 1.63. The second-order valence-electron chi connectivity index (χ2n) is 4.45. The molecule has 0 fully saturated rings. The van der Waals surface area contributed by atoms with E-state index in [1.807, 2.05) is 18.0 Å². The van der Waals surface area contributed by atoms with E-state index >= 15 is 0 Å². The van der Waals surface area contributed by atoms with Gasteiger partial charge in [-0.2, -0.15) is 11.8 Å². The Hall–Kier alpha value is -0.640. The van der Waals surface area contributed by atoms with Gasteiger partial charge in [-0.1, -0.05) is 20.8 Å². The molecule has 0 amide bonds. The SMILES string of the molecule is CCC(CSC)n1ccnc1NCC(C)C. The molecular formula is C12H23N3S. The highest BCUT2D eigenvalue weighted by molar-refractivity contribution is 7.98. The van der Waals surface area contributed by atoms with Crippen molar-refractivity contribution in [2.75, 3.05) is 23.9 Å². The van der Waals surface area contributed by atoms with Gasteiger partial charge in [0.25, 0.3) is 0 Å². The van der Waals surface area contributed by atoms with Crippen molar-refractivity contribution in [3.8, 4) is 0 Å². The van der Waals surface area contributed by atoms with Gasteiger partial charge in [-0.05, 0) is 18.6 Å². The molecule has 1 N–H and O–H groups in total. The minimum Gasteiger partial charge on any atom is -0.355 e. The van der Waals surface area contributed by atoms with Crippen molar-refractivity contribution < 1.29 is 0 Å². The first kappa shape index (κ1) is 13.4. The van der Waals surface area contributed by atoms with Crippen molar-refractivity contribution in [1.82, 2.24) is 9.55 Å². The minimum atomic E-state index is 0.548. The maximum Gasteiger partial charge on any atom is 0.203 e. The molecule has 0 bridgehead atoms. The number of thioether (sulfide) groups is 1. The van der Waals surface area contributed by atoms with E-state index in [0.717, 1.165) is 24.7 Å². The zero-order valence-electron chi connectivity index (χ0n) is 10.7. The molecular weight excluding hydrogens is 218 g/mol. The third-order valence-corrected chi connectivity index (χ3v) is 3.28. The number of hydrogen-bond acceptors (Lipinski definition) is 3. The van der Waals surface area contributed by atoms with Crippen molar-refractivity contribution in [2.45, 2.75) is 33.2 Å². The molecule has 0 aliphatic carbocycles. The van der Waals surface area contributed by atoms with Crippen LogP contribution in [0.25, 0.3) is 0 Å². The van der Waals surface area contributed by atoms with Crippen LogP contribution < -0.4 is 5.32 Å². The van der Waals surface area contributed by atoms with Crippen LogP contribution in [-0.2, 0) is 0 Å². The second-order valence-corrected chi connectivity index (χ2v) is 5.36. The van der Waals surface area contributed by atoms with Crippen LogP contribution >= 0.6 is 11.8 Å². The lowest BCUT2D eigenvalue weighted by Gasteiger charge is -2.19. The van der Waals surface area contributed by atoms with Crippen molar-refractivity contribution in [2.24, 2.45) is 5.92 Å². The molecule has 0 spiro atoms. The van der Waals surface area contributed by atoms with Gasteiger partial charge in [0, 0.05) is 30.7 Å². The molecule has 0 aromatic carbocycles. The van der Waals surface area contributed by atoms with Crippen LogP contribution in [0.1, 0.15) is 33.2 Å². The quantitative estimate of drug-likeness (QED) is 0.794. The molecule has 0 radical (unpaired) electrons. The van der Waals surface area contributed by atoms with Gasteiger partial charge in [0.05, 0.1) is 0 Å². The average Bonchev–Trinajstić information content (AvgIpc) is 2.71. The highest BCUT2D eigenvalue weighted by Gasteiger charge is 2.12. The molecule has 1 aromatic rings. The zero-order valence-corrected chi connectivity index (χ0v) is 11.5. The summed E-state index contributed by atoms with van der Waals surface area (Å²) in [7, 11) is 0. The number of hydrogen-bond donors (Lipinski definition) is 1. The summed E-state index contributed by atoms with van der Waals surface area (Å²) in [5.41, 5.74) is 0. The third-order valence-electron chi connectivity index (χ3n) is 2.56. The summed E-state index contributed by atoms with van der Waals surface area (Å²) >= 11 is 1.89. The highest BCUT2D eigenvalue weighted by Crippen LogP contribution is 2.20. The standard InChI is InChI=1S/C12H23N3S/c1-5-11(9-16-4)15-7-6-13-12(15)14-8-10(2)3/h6-7,10-11H,5,8-9H2,1-4H3,(H,13,14). The van der Waals surface area contributed by atoms with Gasteiger partial charge in [0.15, 0.2) is 0 Å². The van der Waals surface area contributed by atoms with Crippen LogP contribution in [0.15, 0.2) is 12.4 Å². The molecule has 1 atom stereocenters. The van der Waals surface area contributed by atoms with E-state index in [1.54, 1.807) is 0 Å². The first-order chi connectivity index (χ1) is 7.69. The topological polar surface area (TPSA) is 29.9 Å². The van der Waals surface area contributed by atoms with E-state index in [2.05, 4.69) is 48.1 Å². The fraction of sp³-hybridized carbons (Fsp3) is 0.750. The highest BCUT2D eigenvalue weighted by atomic mass is 32.2. The van der Waals surface area contributed by atoms with Crippen LogP contribution in [0.3, 0.4) is 0 Å². The number of imidazole rings is 1. The predicted octanol–water partition coefficient (Wildman–Crippen LogP) is 3.27. The smallest absolute Gasteiger partial charge is 0.203 e. The summed E-state index contributed by atoms with van der Waals surface area (Å²) in [6.45, 7) is 7.62. The zero-order chi connectivity index (χ0) is 12.0. The summed E-state index contributed by atoms with van der Waals surface area (Å²) in [4.78, 5) is 4.38. The van der Waals surface area contributed by atoms with Gasteiger partial charge < -0.3 is 9.88 Å². The number of aromatic nitrogens is 2. The van der Waals surface area contributed by atoms with E-state index < -0.39 is 0 Å². The predicted molar refractivity (Wildman–Crippen MR) is 73.3 cm³/mol. The Morgan fingerprint density at radius 3 is 2.81 bits per heavy atom. The molecule has 1 aromatic heterocycles. The summed E-state index contributed by atoms with van der Waals surface area (Å²) in [6, 6.07) is 0.548. The molecule has 1 unspecified atom stereocenters. The number of rotatable bonds is 7. The minimum absolute atomic E-state index is 0.548. The van der Waals surface area contributed by atoms with Crippen molar-refractivity contribution in [1.29, 1.82) is 0 Å². The van der Waals surface area contributed by atoms with Crippen molar-refractivity contribution in [3.63, 3.8) is 0 Å². The van der Waals surface area contributed by atoms with E-state index in [0.29, 0.717) is 12.0 Å². The molecule has 1 rings (SSSR count). The molecule has 16 heavy (non-hydrogen) atoms. The van der Waals surface area contributed by atoms with Crippen LogP contribution in [0.5, 0.6) is 0 Å². The maximum atomic E-state index is 4.38. The monoisotopic (exact) mass is 241 g/mol. The Labute approximate surface area is 103 Å². The summed E-state index contributed by atoms with van der Waals surface area (Å²) in [5, 5.41) is 3.41. The third kappa shape index (κ3) is 3.74. The Balaban J connectivity index is 2.67. The number of nitrogens with zero attached hydrogens (tertiary/aromatic N) is 2. The molecule has 4 heteroatoms. The van der Waals surface area contributed by atoms with Crippen molar-refractivity contribution in [3.05, 3.63) is 12.4 Å². The van der Waals surface area contributed by atoms with E-state index in [9.17, 15) is 0 Å². The van der Waals surface area contributed by atoms with E-state index in [1.165, 1.54) is 0 Å². The summed E-state index contributed by atoms with van der Waals surface area (Å²) in [5.74, 6) is 2.80. The average molecular weight is 241 g/mol. The van der Waals surface area contributed by atoms with Crippen LogP contribution in [0.2, 0.25) is 0 Å². The van der Waals surface area contributed by atoms with Crippen molar-refractivity contribution >= 4 is 17.7 Å². The molecule has 0 saturated carbocycles. The molecule has 0 aliphatic heterocycles. The number of anilines is 1. The first-order valence-electron chi connectivity index (χ1n) is 5.94. The van der Waals surface area contributed by atoms with Crippen LogP contribution in [0, 0.1) is 5.92 Å². The van der Waals surface area contributed by atoms with Gasteiger partial charge in [-0.3, -0.25) is 0 Å². The van der Waals surface area contributed by atoms with E-state index in [4.69, 9.17) is 0 Å². The van der Waals surface area contributed by atoms with E-state index in [-0.39, 0.29) is 0 Å². The molecule has 0 aliphatic rings. The lowest BCUT2D eigenvalue weighted by Crippen LogP contribution is -2.17. The van der Waals surface area contributed by atoms with Crippen LogP contribution in [0.4, 0.5) is 5.95 Å². The van der Waals surface area contributed by atoms with Gasteiger partial charge in [0.1, 0.15) is 0 Å². The Kier molecular flexibility index (Phi) is 5.74. The lowest BCUT2D eigenvalue weighted by atomic mass is 10.2. The second kappa shape index (κ2) is 6.84. The van der Waals surface area contributed by atoms with Gasteiger partial charge in [0.2, 0.25) is 5.95 Å². The molecule has 0 saturated heterocycles. The Bertz CT molecular complexity index is 296. The molecule has 1 heterocycles. The van der Waals surface area contributed by atoms with Crippen LogP contribution in [-0.4, -0.2) is 28.1 Å². The maximum absolute atomic E-state index is 4.38. The normalized spacial score (nSPS) is 13.1.